The van der Waals surface area contributed by atoms with Crippen molar-refractivity contribution >= 4 is 0 Å². The Morgan fingerprint density at radius 2 is 0.905 bits per heavy atom. The lowest BCUT2D eigenvalue weighted by Gasteiger charge is -2.38. The van der Waals surface area contributed by atoms with Crippen LogP contribution in [0, 0.1) is 0 Å². The van der Waals surface area contributed by atoms with Gasteiger partial charge in [0.05, 0.1) is 6.42 Å². The maximum absolute atomic E-state index is 12.7. The van der Waals surface area contributed by atoms with Crippen molar-refractivity contribution in [2.75, 3.05) is 6.67 Å². The van der Waals surface area contributed by atoms with E-state index in [0.717, 1.165) is 0 Å². The molecule has 0 aromatic heterocycles. The van der Waals surface area contributed by atoms with E-state index < -0.39 is 49.1 Å². The van der Waals surface area contributed by atoms with Crippen LogP contribution in [0.1, 0.15) is 6.42 Å². The largest absolute Gasteiger partial charge is 0.384 e. The molecule has 0 saturated heterocycles. The Balaban J connectivity index is 5.88. The number of halogens is 13. The molecule has 0 aromatic rings. The van der Waals surface area contributed by atoms with E-state index in [0.29, 0.717) is 0 Å². The van der Waals surface area contributed by atoms with Crippen LogP contribution in [0.2, 0.25) is 0 Å². The highest BCUT2D eigenvalue weighted by molar-refractivity contribution is 5.08. The lowest BCUT2D eigenvalue weighted by molar-refractivity contribution is -0.404. The van der Waals surface area contributed by atoms with Crippen molar-refractivity contribution < 1.29 is 57.1 Å². The zero-order valence-electron chi connectivity index (χ0n) is 9.41. The summed E-state index contributed by atoms with van der Waals surface area (Å²) in [5.74, 6) is -34.9. The van der Waals surface area contributed by atoms with Gasteiger partial charge in [-0.05, 0) is 0 Å². The average Bonchev–Trinajstić information content (AvgIpc) is 2.26. The van der Waals surface area contributed by atoms with Gasteiger partial charge in [0.1, 0.15) is 0 Å². The van der Waals surface area contributed by atoms with Crippen LogP contribution in [0.5, 0.6) is 0 Å². The van der Waals surface area contributed by atoms with Crippen molar-refractivity contribution in [2.45, 2.75) is 42.5 Å². The summed E-state index contributed by atoms with van der Waals surface area (Å²) in [6.45, 7) is -3.56. The molecule has 0 aromatic carbocycles. The molecule has 0 spiro atoms. The molecule has 0 rings (SSSR count). The smallest absolute Gasteiger partial charge is 0.244 e. The van der Waals surface area contributed by atoms with E-state index in [1.165, 1.54) is 0 Å². The third kappa shape index (κ3) is 3.00. The van der Waals surface area contributed by atoms with Crippen LogP contribution in [0.25, 0.3) is 0 Å². The van der Waals surface area contributed by atoms with E-state index in [-0.39, 0.29) is 0 Å². The minimum atomic E-state index is -7.49. The summed E-state index contributed by atoms with van der Waals surface area (Å²) in [6, 6.07) is 0. The van der Waals surface area contributed by atoms with Crippen LogP contribution in [0.15, 0.2) is 0 Å². The molecule has 13 heteroatoms. The first-order chi connectivity index (χ1) is 8.98. The van der Waals surface area contributed by atoms with Crippen molar-refractivity contribution in [1.82, 2.24) is 0 Å². The average molecular weight is 348 g/mol. The summed E-state index contributed by atoms with van der Waals surface area (Å²) in [5.41, 5.74) is 0. The second kappa shape index (κ2) is 5.38. The third-order valence-corrected chi connectivity index (χ3v) is 2.29. The van der Waals surface area contributed by atoms with Gasteiger partial charge in [0.25, 0.3) is 0 Å². The number of rotatable bonds is 7. The monoisotopic (exact) mass is 348 g/mol. The lowest BCUT2D eigenvalue weighted by Crippen LogP contribution is -2.67. The summed E-state index contributed by atoms with van der Waals surface area (Å²) in [7, 11) is 0. The van der Waals surface area contributed by atoms with Crippen LogP contribution in [0.4, 0.5) is 57.1 Å². The Morgan fingerprint density at radius 1 is 0.571 bits per heavy atom. The Hall–Kier alpha value is -0.910. The summed E-state index contributed by atoms with van der Waals surface area (Å²) in [4.78, 5) is 0. The van der Waals surface area contributed by atoms with Gasteiger partial charge in [0.2, 0.25) is 6.43 Å². The van der Waals surface area contributed by atoms with Crippen LogP contribution >= 0.6 is 0 Å². The van der Waals surface area contributed by atoms with Crippen molar-refractivity contribution in [3.05, 3.63) is 0 Å². The predicted octanol–water partition coefficient (Wildman–Crippen LogP) is 4.79. The zero-order chi connectivity index (χ0) is 17.5. The Bertz CT molecular complexity index is 357. The van der Waals surface area contributed by atoms with E-state index in [4.69, 9.17) is 0 Å². The van der Waals surface area contributed by atoms with Gasteiger partial charge >= 0.3 is 29.6 Å². The van der Waals surface area contributed by atoms with Crippen molar-refractivity contribution in [2.24, 2.45) is 0 Å². The molecular weight excluding hydrogens is 343 g/mol. The minimum Gasteiger partial charge on any atom is -0.244 e. The fourth-order valence-electron chi connectivity index (χ4n) is 1.06. The van der Waals surface area contributed by atoms with Crippen LogP contribution in [-0.2, 0) is 0 Å². The van der Waals surface area contributed by atoms with Crippen molar-refractivity contribution in [3.8, 4) is 0 Å². The van der Waals surface area contributed by atoms with E-state index in [9.17, 15) is 57.1 Å². The molecule has 0 nitrogen and oxygen atoms in total. The van der Waals surface area contributed by atoms with Gasteiger partial charge in [0.15, 0.2) is 6.67 Å². The second-order valence-corrected chi connectivity index (χ2v) is 3.86. The molecule has 0 aliphatic rings. The topological polar surface area (TPSA) is 0 Å². The molecule has 21 heavy (non-hydrogen) atoms. The SMILES string of the molecule is FCC(F)(F)C(F)(F)C(F)(F)C(F)(F)C(F)(F)CC(F)F. The van der Waals surface area contributed by atoms with Gasteiger partial charge in [0, 0.05) is 0 Å². The molecule has 0 N–H and O–H groups in total. The van der Waals surface area contributed by atoms with E-state index in [2.05, 4.69) is 0 Å². The predicted molar refractivity (Wildman–Crippen MR) is 41.3 cm³/mol. The Labute approximate surface area is 107 Å². The van der Waals surface area contributed by atoms with E-state index in [1.807, 2.05) is 0 Å². The molecule has 0 unspecified atom stereocenters. The summed E-state index contributed by atoms with van der Waals surface area (Å²) in [5, 5.41) is 0. The van der Waals surface area contributed by atoms with Gasteiger partial charge in [-0.2, -0.15) is 43.9 Å². The molecule has 0 saturated carbocycles. The molecule has 0 bridgehead atoms. The van der Waals surface area contributed by atoms with Gasteiger partial charge < -0.3 is 0 Å². The fraction of sp³-hybridized carbons (Fsp3) is 1.00. The molecule has 0 radical (unpaired) electrons. The first-order valence-corrected chi connectivity index (χ1v) is 4.71. The molecule has 128 valence electrons. The number of alkyl halides is 13. The second-order valence-electron chi connectivity index (χ2n) is 3.86. The van der Waals surface area contributed by atoms with E-state index in [1.54, 1.807) is 0 Å². The third-order valence-electron chi connectivity index (χ3n) is 2.29. The van der Waals surface area contributed by atoms with Crippen LogP contribution in [0.3, 0.4) is 0 Å². The minimum absolute atomic E-state index is 3.28. The fourth-order valence-corrected chi connectivity index (χ4v) is 1.06. The maximum atomic E-state index is 12.7. The normalized spacial score (nSPS) is 15.7. The highest BCUT2D eigenvalue weighted by Crippen LogP contribution is 2.57. The Morgan fingerprint density at radius 3 is 1.19 bits per heavy atom. The molecular formula is C8H5F13. The lowest BCUT2D eigenvalue weighted by atomic mass is 9.93. The maximum Gasteiger partial charge on any atom is 0.384 e. The molecule has 0 aliphatic carbocycles. The first kappa shape index (κ1) is 20.1. The first-order valence-electron chi connectivity index (χ1n) is 4.71. The van der Waals surface area contributed by atoms with Crippen LogP contribution in [-0.4, -0.2) is 42.7 Å². The van der Waals surface area contributed by atoms with Crippen molar-refractivity contribution in [1.29, 1.82) is 0 Å². The zero-order valence-corrected chi connectivity index (χ0v) is 9.41. The van der Waals surface area contributed by atoms with Crippen LogP contribution < -0.4 is 0 Å². The highest BCUT2D eigenvalue weighted by atomic mass is 19.4. The summed E-state index contributed by atoms with van der Waals surface area (Å²) >= 11 is 0. The Kier molecular flexibility index (Phi) is 5.14. The summed E-state index contributed by atoms with van der Waals surface area (Å²) in [6.07, 6.45) is -7.61. The molecule has 0 heterocycles. The van der Waals surface area contributed by atoms with Gasteiger partial charge in [-0.3, -0.25) is 0 Å². The number of hydrogen-bond acceptors (Lipinski definition) is 0. The quantitative estimate of drug-likeness (QED) is 0.581. The molecule has 0 amide bonds. The van der Waals surface area contributed by atoms with Gasteiger partial charge in [-0.15, -0.1) is 0 Å². The molecule has 0 atom stereocenters. The standard InChI is InChI=1S/C8H5F13/c9-2-5(14,15)7(18,19)8(20,21)6(16,17)4(12,13)1-3(10)11/h3H,1-2H2. The molecule has 0 aliphatic heterocycles. The summed E-state index contributed by atoms with van der Waals surface area (Å²) < 4.78 is 161. The number of hydrogen-bond donors (Lipinski definition) is 0. The highest BCUT2D eigenvalue weighted by Gasteiger charge is 2.86. The molecule has 0 fully saturated rings. The van der Waals surface area contributed by atoms with Crippen molar-refractivity contribution in [3.63, 3.8) is 0 Å². The van der Waals surface area contributed by atoms with Gasteiger partial charge in [-0.1, -0.05) is 0 Å². The van der Waals surface area contributed by atoms with Gasteiger partial charge in [-0.25, -0.2) is 13.2 Å². The van der Waals surface area contributed by atoms with E-state index >= 15 is 0 Å².